The topological polar surface area (TPSA) is 89.6 Å². The highest BCUT2D eigenvalue weighted by Gasteiger charge is 2.14. The average molecular weight is 231 g/mol. The van der Waals surface area contributed by atoms with Crippen LogP contribution in [0.15, 0.2) is 30.1 Å². The van der Waals surface area contributed by atoms with E-state index < -0.39 is 0 Å². The average Bonchev–Trinajstić information content (AvgIpc) is 2.58. The number of hydrogen-bond donors (Lipinski definition) is 2. The van der Waals surface area contributed by atoms with Crippen molar-refractivity contribution in [2.45, 2.75) is 13.0 Å². The van der Waals surface area contributed by atoms with Gasteiger partial charge in [-0.3, -0.25) is 9.78 Å². The van der Waals surface area contributed by atoms with E-state index in [1.807, 2.05) is 0 Å². The maximum atomic E-state index is 11.8. The van der Waals surface area contributed by atoms with Crippen molar-refractivity contribution >= 4 is 17.0 Å². The molecular weight excluding hydrogens is 218 g/mol. The first-order chi connectivity index (χ1) is 8.17. The first-order valence-electron chi connectivity index (χ1n) is 5.14. The maximum absolute atomic E-state index is 11.8. The Morgan fingerprint density at radius 3 is 2.82 bits per heavy atom. The summed E-state index contributed by atoms with van der Waals surface area (Å²) >= 11 is 0. The number of allylic oxidation sites excluding steroid dienone is 2. The van der Waals surface area contributed by atoms with Crippen molar-refractivity contribution < 1.29 is 0 Å². The highest BCUT2D eigenvalue weighted by molar-refractivity contribution is 5.78. The molecule has 0 aromatic carbocycles. The van der Waals surface area contributed by atoms with Crippen LogP contribution in [0.2, 0.25) is 0 Å². The minimum atomic E-state index is -0.278. The predicted octanol–water partition coefficient (Wildman–Crippen LogP) is 0.616. The lowest BCUT2D eigenvalue weighted by molar-refractivity contribution is 0.707. The first kappa shape index (κ1) is 11.1. The van der Waals surface area contributed by atoms with Gasteiger partial charge in [-0.05, 0) is 0 Å². The number of rotatable bonds is 4. The monoisotopic (exact) mass is 231 g/mol. The zero-order chi connectivity index (χ0) is 12.4. The van der Waals surface area contributed by atoms with Crippen molar-refractivity contribution in [3.63, 3.8) is 0 Å². The van der Waals surface area contributed by atoms with E-state index in [-0.39, 0.29) is 11.5 Å². The number of H-pyrrole nitrogens is 1. The van der Waals surface area contributed by atoms with Crippen LogP contribution in [0.1, 0.15) is 5.69 Å². The molecule has 0 atom stereocenters. The van der Waals surface area contributed by atoms with Gasteiger partial charge >= 0.3 is 0 Å². The molecule has 17 heavy (non-hydrogen) atoms. The molecule has 0 saturated carbocycles. The van der Waals surface area contributed by atoms with E-state index >= 15 is 0 Å². The smallest absolute Gasteiger partial charge is 0.263 e. The summed E-state index contributed by atoms with van der Waals surface area (Å²) in [5.74, 6) is 0.0814. The fraction of sp³-hybridized carbons (Fsp3) is 0.182. The second-order valence-corrected chi connectivity index (χ2v) is 3.56. The fourth-order valence-corrected chi connectivity index (χ4v) is 1.70. The summed E-state index contributed by atoms with van der Waals surface area (Å²) in [5.41, 5.74) is 6.36. The lowest BCUT2D eigenvalue weighted by Crippen LogP contribution is -2.12. The SMILES string of the molecule is C=CCc1nn(CC=C)c2nc(N)[nH]c(=O)c12. The van der Waals surface area contributed by atoms with E-state index in [9.17, 15) is 4.79 Å². The van der Waals surface area contributed by atoms with Gasteiger partial charge in [0.2, 0.25) is 5.95 Å². The van der Waals surface area contributed by atoms with Gasteiger partial charge in [-0.15, -0.1) is 13.2 Å². The van der Waals surface area contributed by atoms with E-state index in [4.69, 9.17) is 5.73 Å². The molecule has 3 N–H and O–H groups in total. The molecule has 6 heteroatoms. The molecule has 0 saturated heterocycles. The van der Waals surface area contributed by atoms with Crippen LogP contribution >= 0.6 is 0 Å². The molecule has 0 bridgehead atoms. The van der Waals surface area contributed by atoms with Crippen molar-refractivity contribution in [2.24, 2.45) is 0 Å². The summed E-state index contributed by atoms with van der Waals surface area (Å²) in [6, 6.07) is 0. The van der Waals surface area contributed by atoms with Crippen LogP contribution in [0.25, 0.3) is 11.0 Å². The third kappa shape index (κ3) is 1.84. The number of aromatic nitrogens is 4. The number of fused-ring (bicyclic) bond motifs is 1. The lowest BCUT2D eigenvalue weighted by Gasteiger charge is -1.97. The Hall–Kier alpha value is -2.37. The number of nitrogens with two attached hydrogens (primary N) is 1. The zero-order valence-electron chi connectivity index (χ0n) is 9.31. The predicted molar refractivity (Wildman–Crippen MR) is 66.7 cm³/mol. The van der Waals surface area contributed by atoms with Gasteiger partial charge in [0.05, 0.1) is 12.2 Å². The summed E-state index contributed by atoms with van der Waals surface area (Å²) in [7, 11) is 0. The third-order valence-electron chi connectivity index (χ3n) is 2.33. The highest BCUT2D eigenvalue weighted by Crippen LogP contribution is 2.14. The molecule has 88 valence electrons. The minimum absolute atomic E-state index is 0.0814. The second-order valence-electron chi connectivity index (χ2n) is 3.56. The van der Waals surface area contributed by atoms with Crippen LogP contribution in [-0.2, 0) is 13.0 Å². The Morgan fingerprint density at radius 1 is 1.41 bits per heavy atom. The van der Waals surface area contributed by atoms with Crippen LogP contribution in [0.4, 0.5) is 5.95 Å². The molecule has 0 radical (unpaired) electrons. The fourth-order valence-electron chi connectivity index (χ4n) is 1.70. The van der Waals surface area contributed by atoms with E-state index in [1.54, 1.807) is 16.8 Å². The molecule has 2 heterocycles. The van der Waals surface area contributed by atoms with Gasteiger partial charge in [0.25, 0.3) is 5.56 Å². The molecule has 0 amide bonds. The van der Waals surface area contributed by atoms with Crippen LogP contribution in [-0.4, -0.2) is 19.7 Å². The Bertz CT molecular complexity index is 637. The molecule has 0 aliphatic carbocycles. The number of nitrogens with one attached hydrogen (secondary N) is 1. The Kier molecular flexibility index (Phi) is 2.78. The van der Waals surface area contributed by atoms with Crippen molar-refractivity contribution in [1.82, 2.24) is 19.7 Å². The van der Waals surface area contributed by atoms with E-state index in [2.05, 4.69) is 28.2 Å². The van der Waals surface area contributed by atoms with Crippen LogP contribution in [0.3, 0.4) is 0 Å². The number of hydrogen-bond acceptors (Lipinski definition) is 4. The van der Waals surface area contributed by atoms with Gasteiger partial charge < -0.3 is 5.73 Å². The van der Waals surface area contributed by atoms with Crippen molar-refractivity contribution in [1.29, 1.82) is 0 Å². The quantitative estimate of drug-likeness (QED) is 0.755. The van der Waals surface area contributed by atoms with E-state index in [1.165, 1.54) is 0 Å². The van der Waals surface area contributed by atoms with Gasteiger partial charge in [-0.2, -0.15) is 10.1 Å². The van der Waals surface area contributed by atoms with Crippen LogP contribution in [0.5, 0.6) is 0 Å². The summed E-state index contributed by atoms with van der Waals surface area (Å²) in [6.07, 6.45) is 3.88. The molecular formula is C11H13N5O. The van der Waals surface area contributed by atoms with Crippen molar-refractivity contribution in [3.8, 4) is 0 Å². The first-order valence-corrected chi connectivity index (χ1v) is 5.14. The molecule has 0 aliphatic rings. The van der Waals surface area contributed by atoms with Gasteiger partial charge in [0.1, 0.15) is 5.39 Å². The lowest BCUT2D eigenvalue weighted by atomic mass is 10.2. The molecule has 2 aromatic rings. The normalized spacial score (nSPS) is 10.6. The maximum Gasteiger partial charge on any atom is 0.263 e. The van der Waals surface area contributed by atoms with Crippen LogP contribution < -0.4 is 11.3 Å². The zero-order valence-corrected chi connectivity index (χ0v) is 9.31. The standard InChI is InChI=1S/C11H13N5O/c1-3-5-7-8-9(16(15-7)6-4-2)13-11(12)14-10(8)17/h3-4H,1-2,5-6H2,(H3,12,13,14,17). The van der Waals surface area contributed by atoms with Crippen LogP contribution in [0, 0.1) is 0 Å². The second kappa shape index (κ2) is 4.25. The van der Waals surface area contributed by atoms with Crippen molar-refractivity contribution in [2.75, 3.05) is 5.73 Å². The van der Waals surface area contributed by atoms with E-state index in [0.717, 1.165) is 0 Å². The number of nitrogen functional groups attached to an aromatic ring is 1. The number of nitrogens with zero attached hydrogens (tertiary/aromatic N) is 3. The summed E-state index contributed by atoms with van der Waals surface area (Å²) in [5, 5.41) is 4.77. The molecule has 0 spiro atoms. The molecule has 0 fully saturated rings. The number of aromatic amines is 1. The summed E-state index contributed by atoms with van der Waals surface area (Å²) < 4.78 is 1.60. The molecule has 0 aliphatic heterocycles. The van der Waals surface area contributed by atoms with Gasteiger partial charge in [0, 0.05) is 6.42 Å². The Balaban J connectivity index is 2.80. The third-order valence-corrected chi connectivity index (χ3v) is 2.33. The summed E-state index contributed by atoms with van der Waals surface area (Å²) in [6.45, 7) is 7.75. The summed E-state index contributed by atoms with van der Waals surface area (Å²) in [4.78, 5) is 18.4. The Morgan fingerprint density at radius 2 is 2.18 bits per heavy atom. The molecule has 2 aromatic heterocycles. The molecule has 0 unspecified atom stereocenters. The van der Waals surface area contributed by atoms with Gasteiger partial charge in [-0.25, -0.2) is 4.68 Å². The molecule has 2 rings (SSSR count). The van der Waals surface area contributed by atoms with E-state index in [0.29, 0.717) is 29.7 Å². The Labute approximate surface area is 97.5 Å². The number of anilines is 1. The molecule has 6 nitrogen and oxygen atoms in total. The van der Waals surface area contributed by atoms with Crippen molar-refractivity contribution in [3.05, 3.63) is 41.4 Å². The van der Waals surface area contributed by atoms with Gasteiger partial charge in [-0.1, -0.05) is 12.2 Å². The highest BCUT2D eigenvalue weighted by atomic mass is 16.1. The largest absolute Gasteiger partial charge is 0.369 e. The minimum Gasteiger partial charge on any atom is -0.369 e. The van der Waals surface area contributed by atoms with Gasteiger partial charge in [0.15, 0.2) is 5.65 Å².